The molecule has 8 aromatic carbocycles. The van der Waals surface area contributed by atoms with Gasteiger partial charge in [0.15, 0.2) is 21.3 Å². The molecule has 0 amide bonds. The number of rotatable bonds is 22. The van der Waals surface area contributed by atoms with Crippen LogP contribution in [0.15, 0.2) is 190 Å². The standard InChI is InChI=1S/C46H36N12O27S8/c47-40-32(53-52-31-14-13-29(19-34(31)89(70,71)72)86(63,64)16-15-85-93(82,83)84)21-33(88(67,68)69)30-20-37(92(79,80)81)44(46(60)39(30)40)56-50-23-1-3-26(4-2-23)57-87(65,66)28-11-7-25(8-12-28)49-54-42-35(90(73,74)75)17-22-18-36(91(76,77)78)43(45(59)38(22)41(42)48)55-51-24-5-9-27(10-6-24)58(61)62/h1-14,17-21,57,59-60H,15-16,47-48H2,(H,67,68,69)(H,70,71,72)(H,73,74,75)(H,76,77,78)(H,79,80,81)(H,82,83,84)/b53-52+,54-49+,55-51+,56-50+. The third-order valence-electron chi connectivity index (χ3n) is 12.3. The van der Waals surface area contributed by atoms with E-state index in [0.717, 1.165) is 72.8 Å². The number of nitrogen functional groups attached to an aromatic ring is 2. The first-order chi connectivity index (χ1) is 42.9. The molecule has 0 unspecified atom stereocenters. The maximum Gasteiger partial charge on any atom is 0.397 e. The number of sulfonamides is 1. The van der Waals surface area contributed by atoms with Crippen molar-refractivity contribution in [3.63, 3.8) is 0 Å². The second-order valence-electron chi connectivity index (χ2n) is 18.4. The first-order valence-electron chi connectivity index (χ1n) is 24.1. The number of anilines is 3. The molecule has 8 rings (SSSR count). The highest BCUT2D eigenvalue weighted by atomic mass is 32.3. The van der Waals surface area contributed by atoms with Crippen molar-refractivity contribution in [2.45, 2.75) is 34.3 Å². The number of hydrogen-bond acceptors (Lipinski definition) is 31. The van der Waals surface area contributed by atoms with E-state index in [2.05, 4.69) is 49.8 Å². The van der Waals surface area contributed by atoms with Gasteiger partial charge in [-0.2, -0.15) is 65.8 Å². The second kappa shape index (κ2) is 25.1. The third kappa shape index (κ3) is 15.7. The number of phenolic OH excluding ortho intramolecular Hbond substituents is 2. The van der Waals surface area contributed by atoms with Crippen molar-refractivity contribution in [3.8, 4) is 11.5 Å². The molecule has 0 fully saturated rings. The Balaban J connectivity index is 1.07. The van der Waals surface area contributed by atoms with Crippen molar-refractivity contribution < 1.29 is 114 Å². The van der Waals surface area contributed by atoms with Crippen molar-refractivity contribution in [2.24, 2.45) is 40.9 Å². The minimum atomic E-state index is -5.55. The van der Waals surface area contributed by atoms with Gasteiger partial charge in [-0.25, -0.2) is 21.0 Å². The van der Waals surface area contributed by atoms with Crippen LogP contribution in [0, 0.1) is 10.1 Å². The number of phenols is 2. The third-order valence-corrected chi connectivity index (χ3v) is 20.2. The summed E-state index contributed by atoms with van der Waals surface area (Å²) in [4.78, 5) is 2.82. The molecule has 13 N–H and O–H groups in total. The van der Waals surface area contributed by atoms with Crippen LogP contribution in [0.25, 0.3) is 21.5 Å². The smallest absolute Gasteiger partial charge is 0.397 e. The topological polar surface area (TPSA) is 650 Å². The zero-order valence-corrected chi connectivity index (χ0v) is 51.7. The van der Waals surface area contributed by atoms with E-state index in [4.69, 9.17) is 16.0 Å². The Morgan fingerprint density at radius 3 is 1.37 bits per heavy atom. The zero-order valence-electron chi connectivity index (χ0n) is 45.2. The van der Waals surface area contributed by atoms with E-state index < -0.39 is 205 Å². The summed E-state index contributed by atoms with van der Waals surface area (Å²) >= 11 is 0. The SMILES string of the molecule is Nc1c(/N=N/c2ccc(S(=O)(=O)Nc3ccc(/N=N/c4c(S(=O)(=O)O)cc5c(S(=O)(=O)O)cc(/N=N/c6ccc(S(=O)(=O)CCOS(=O)(=O)O)cc6S(=O)(=O)O)c(N)c5c4O)cc3)cc2)c(S(=O)(=O)O)cc2cc(S(=O)(=O)O)c(/N=N/c3ccc([N+](=O)[O-])cc3)c(O)c12. The van der Waals surface area contributed by atoms with Gasteiger partial charge in [0.25, 0.3) is 66.3 Å². The Kier molecular flexibility index (Phi) is 18.7. The first-order valence-corrected chi connectivity index (χ1v) is 35.8. The maximum absolute atomic E-state index is 13.5. The van der Waals surface area contributed by atoms with Gasteiger partial charge in [0, 0.05) is 23.2 Å². The van der Waals surface area contributed by atoms with Crippen molar-refractivity contribution in [3.05, 3.63) is 125 Å². The van der Waals surface area contributed by atoms with Gasteiger partial charge in [-0.1, -0.05) is 0 Å². The average Bonchev–Trinajstić information content (AvgIpc) is 0.745. The molecule has 47 heteroatoms. The van der Waals surface area contributed by atoms with Crippen LogP contribution in [0.4, 0.5) is 68.2 Å². The molecule has 0 aromatic heterocycles. The van der Waals surface area contributed by atoms with E-state index in [1.54, 1.807) is 0 Å². The number of nitro benzene ring substituents is 1. The first kappa shape index (κ1) is 69.3. The molecule has 0 saturated carbocycles. The average molecular weight is 1450 g/mol. The highest BCUT2D eigenvalue weighted by Gasteiger charge is 2.31. The molecule has 39 nitrogen and oxygen atoms in total. The van der Waals surface area contributed by atoms with Gasteiger partial charge in [0.2, 0.25) is 0 Å². The lowest BCUT2D eigenvalue weighted by Crippen LogP contribution is -2.16. The summed E-state index contributed by atoms with van der Waals surface area (Å²) in [5, 5.41) is 60.7. The number of aromatic hydroxyl groups is 2. The lowest BCUT2D eigenvalue weighted by atomic mass is 10.0. The molecular weight excluding hydrogens is 1410 g/mol. The van der Waals surface area contributed by atoms with Crippen LogP contribution in [0.5, 0.6) is 11.5 Å². The number of nitrogens with zero attached hydrogens (tertiary/aromatic N) is 9. The molecule has 0 aliphatic heterocycles. The number of benzene rings is 8. The summed E-state index contributed by atoms with van der Waals surface area (Å²) in [6.07, 6.45) is 0. The summed E-state index contributed by atoms with van der Waals surface area (Å²) in [6.45, 7) is -1.15. The van der Waals surface area contributed by atoms with E-state index >= 15 is 0 Å². The summed E-state index contributed by atoms with van der Waals surface area (Å²) in [6, 6.07) is 16.3. The molecule has 0 bridgehead atoms. The van der Waals surface area contributed by atoms with Crippen LogP contribution in [0.1, 0.15) is 0 Å². The zero-order chi connectivity index (χ0) is 68.9. The molecule has 0 heterocycles. The van der Waals surface area contributed by atoms with Gasteiger partial charge < -0.3 is 21.7 Å². The molecular formula is C46H36N12O27S8. The number of nitrogens with two attached hydrogens (primary N) is 2. The van der Waals surface area contributed by atoms with Crippen molar-refractivity contribution in [2.75, 3.05) is 28.5 Å². The van der Waals surface area contributed by atoms with Crippen LogP contribution in [-0.2, 0) is 85.0 Å². The quantitative estimate of drug-likeness (QED) is 0.0101. The van der Waals surface area contributed by atoms with Gasteiger partial charge in [-0.05, 0) is 109 Å². The molecule has 0 saturated heterocycles. The van der Waals surface area contributed by atoms with E-state index in [0.29, 0.717) is 42.5 Å². The predicted octanol–water partition coefficient (Wildman–Crippen LogP) is 7.77. The number of hydrogen-bond donors (Lipinski definition) is 11. The lowest BCUT2D eigenvalue weighted by molar-refractivity contribution is -0.384. The fourth-order valence-electron chi connectivity index (χ4n) is 8.12. The summed E-state index contributed by atoms with van der Waals surface area (Å²) in [5.74, 6) is -3.68. The summed E-state index contributed by atoms with van der Waals surface area (Å²) in [5.41, 5.74) is 4.99. The maximum atomic E-state index is 13.5. The number of nitrogens with one attached hydrogen (secondary N) is 1. The monoisotopic (exact) mass is 1440 g/mol. The van der Waals surface area contributed by atoms with Gasteiger partial charge >= 0.3 is 10.4 Å². The Labute approximate surface area is 522 Å². The normalized spacial score (nSPS) is 13.3. The molecule has 93 heavy (non-hydrogen) atoms. The van der Waals surface area contributed by atoms with Crippen molar-refractivity contribution in [1.82, 2.24) is 0 Å². The minimum Gasteiger partial charge on any atom is -0.505 e. The largest absolute Gasteiger partial charge is 0.505 e. The Bertz CT molecular complexity index is 5590. The van der Waals surface area contributed by atoms with Crippen LogP contribution >= 0.6 is 0 Å². The van der Waals surface area contributed by atoms with Gasteiger partial charge in [-0.15, -0.1) is 25.6 Å². The highest BCUT2D eigenvalue weighted by Crippen LogP contribution is 2.50. The summed E-state index contributed by atoms with van der Waals surface area (Å²) < 4.78 is 265. The van der Waals surface area contributed by atoms with E-state index in [1.165, 1.54) is 0 Å². The van der Waals surface area contributed by atoms with Crippen molar-refractivity contribution >= 4 is 171 Å². The molecule has 8 aromatic rings. The Hall–Kier alpha value is -9.60. The second-order valence-corrected chi connectivity index (χ2v) is 30.2. The van der Waals surface area contributed by atoms with Crippen molar-refractivity contribution in [1.29, 1.82) is 0 Å². The Morgan fingerprint density at radius 2 is 0.882 bits per heavy atom. The minimum absolute atomic E-state index is 0.113. The number of non-ortho nitro benzene ring substituents is 1. The fraction of sp³-hybridized carbons (Fsp3) is 0.0435. The molecule has 0 atom stereocenters. The molecule has 0 aliphatic carbocycles. The van der Waals surface area contributed by atoms with E-state index in [-0.39, 0.29) is 28.4 Å². The number of nitro groups is 1. The number of fused-ring (bicyclic) bond motifs is 2. The van der Waals surface area contributed by atoms with Crippen LogP contribution in [0.3, 0.4) is 0 Å². The lowest BCUT2D eigenvalue weighted by Gasteiger charge is -2.14. The van der Waals surface area contributed by atoms with Crippen LogP contribution < -0.4 is 16.2 Å². The predicted molar refractivity (Wildman–Crippen MR) is 319 cm³/mol. The number of sulfone groups is 1. The van der Waals surface area contributed by atoms with Crippen LogP contribution in [-0.4, -0.2) is 122 Å². The Morgan fingerprint density at radius 1 is 0.452 bits per heavy atom. The van der Waals surface area contributed by atoms with Crippen LogP contribution in [0.2, 0.25) is 0 Å². The van der Waals surface area contributed by atoms with Gasteiger partial charge in [-0.3, -0.25) is 42.2 Å². The van der Waals surface area contributed by atoms with E-state index in [9.17, 15) is 110 Å². The fourth-order valence-corrected chi connectivity index (χ4v) is 14.1. The van der Waals surface area contributed by atoms with E-state index in [1.807, 2.05) is 0 Å². The molecule has 0 aliphatic rings. The molecule has 0 radical (unpaired) electrons. The highest BCUT2D eigenvalue weighted by molar-refractivity contribution is 7.93. The molecule has 0 spiro atoms. The number of azo groups is 4. The summed E-state index contributed by atoms with van der Waals surface area (Å²) in [7, 11) is -41.4. The molecule has 490 valence electrons. The van der Waals surface area contributed by atoms with Gasteiger partial charge in [0.05, 0.1) is 66.3 Å². The van der Waals surface area contributed by atoms with Gasteiger partial charge in [0.1, 0.15) is 52.9 Å².